The molecule has 0 saturated heterocycles. The van der Waals surface area contributed by atoms with Crippen LogP contribution in [0.1, 0.15) is 25.3 Å². The molecule has 4 rings (SSSR count). The van der Waals surface area contributed by atoms with Crippen LogP contribution >= 0.6 is 0 Å². The van der Waals surface area contributed by atoms with Crippen molar-refractivity contribution in [3.8, 4) is 28.3 Å². The van der Waals surface area contributed by atoms with Crippen LogP contribution in [0.25, 0.3) is 22.5 Å². The van der Waals surface area contributed by atoms with Gasteiger partial charge in [0, 0.05) is 11.6 Å². The fourth-order valence-electron chi connectivity index (χ4n) is 3.60. The van der Waals surface area contributed by atoms with Gasteiger partial charge >= 0.3 is 0 Å². The van der Waals surface area contributed by atoms with E-state index in [1.165, 1.54) is 0 Å². The third kappa shape index (κ3) is 5.47. The molecule has 0 bridgehead atoms. The van der Waals surface area contributed by atoms with Crippen LogP contribution in [0, 0.1) is 0 Å². The first-order chi connectivity index (χ1) is 16.0. The molecule has 6 heteroatoms. The summed E-state index contributed by atoms with van der Waals surface area (Å²) in [5.74, 6) is 1.67. The lowest BCUT2D eigenvalue weighted by Gasteiger charge is -2.25. The van der Waals surface area contributed by atoms with Crippen LogP contribution < -0.4 is 4.74 Å². The molecule has 0 N–H and O–H groups in total. The van der Waals surface area contributed by atoms with Crippen LogP contribution in [0.2, 0.25) is 0 Å². The number of carbonyl (C=O) groups excluding carboxylic acids is 1. The molecule has 0 radical (unpaired) electrons. The van der Waals surface area contributed by atoms with Crippen molar-refractivity contribution in [3.63, 3.8) is 0 Å². The van der Waals surface area contributed by atoms with Crippen LogP contribution in [0.3, 0.4) is 0 Å². The van der Waals surface area contributed by atoms with Crippen LogP contribution in [0.4, 0.5) is 0 Å². The Bertz CT molecular complexity index is 1180. The molecule has 1 aromatic heterocycles. The van der Waals surface area contributed by atoms with Crippen molar-refractivity contribution in [1.29, 1.82) is 0 Å². The molecular weight excluding hydrogens is 414 g/mol. The molecule has 1 heterocycles. The molecule has 0 unspecified atom stereocenters. The van der Waals surface area contributed by atoms with Gasteiger partial charge in [-0.3, -0.25) is 4.79 Å². The molecule has 4 aromatic rings. The van der Waals surface area contributed by atoms with E-state index in [1.807, 2.05) is 68.4 Å². The highest BCUT2D eigenvalue weighted by molar-refractivity contribution is 5.79. The Labute approximate surface area is 193 Å². The largest absolute Gasteiger partial charge is 0.497 e. The molecule has 33 heavy (non-hydrogen) atoms. The first-order valence-corrected chi connectivity index (χ1v) is 10.9. The highest BCUT2D eigenvalue weighted by atomic mass is 16.5. The highest BCUT2D eigenvalue weighted by Crippen LogP contribution is 2.22. The molecule has 168 valence electrons. The monoisotopic (exact) mass is 441 g/mol. The van der Waals surface area contributed by atoms with Crippen molar-refractivity contribution in [2.45, 2.75) is 32.9 Å². The number of aromatic nitrogens is 2. The molecule has 0 saturated carbocycles. The Kier molecular flexibility index (Phi) is 6.83. The number of carbonyl (C=O) groups is 1. The predicted octanol–water partition coefficient (Wildman–Crippen LogP) is 5.39. The minimum absolute atomic E-state index is 0.00238. The minimum atomic E-state index is -0.00238. The standard InChI is InChI=1S/C27H27N3O3/c1-19(2)30(18-25-28-27(29-33-25)23-13-15-24(32-3)16-14-23)26(31)17-20-9-11-22(12-10-20)21-7-5-4-6-8-21/h4-16,19H,17-18H2,1-3H3. The van der Waals surface area contributed by atoms with Crippen molar-refractivity contribution in [2.75, 3.05) is 7.11 Å². The zero-order valence-electron chi connectivity index (χ0n) is 19.1. The van der Waals surface area contributed by atoms with E-state index in [0.29, 0.717) is 18.1 Å². The number of hydrogen-bond donors (Lipinski definition) is 0. The summed E-state index contributed by atoms with van der Waals surface area (Å²) in [4.78, 5) is 19.3. The first kappa shape index (κ1) is 22.3. The van der Waals surface area contributed by atoms with Gasteiger partial charge in [-0.05, 0) is 54.8 Å². The number of methoxy groups -OCH3 is 1. The van der Waals surface area contributed by atoms with E-state index in [9.17, 15) is 4.79 Å². The summed E-state index contributed by atoms with van der Waals surface area (Å²) in [5.41, 5.74) is 4.08. The fraction of sp³-hybridized carbons (Fsp3) is 0.222. The van der Waals surface area contributed by atoms with Crippen LogP contribution in [0.5, 0.6) is 5.75 Å². The molecular formula is C27H27N3O3. The lowest BCUT2D eigenvalue weighted by atomic mass is 10.0. The lowest BCUT2D eigenvalue weighted by Crippen LogP contribution is -2.37. The zero-order valence-corrected chi connectivity index (χ0v) is 19.1. The maximum atomic E-state index is 13.1. The second-order valence-electron chi connectivity index (χ2n) is 8.10. The van der Waals surface area contributed by atoms with Gasteiger partial charge in [0.25, 0.3) is 0 Å². The number of amides is 1. The van der Waals surface area contributed by atoms with Gasteiger partial charge in [0.1, 0.15) is 12.3 Å². The van der Waals surface area contributed by atoms with E-state index in [1.54, 1.807) is 12.0 Å². The summed E-state index contributed by atoms with van der Waals surface area (Å²) in [7, 11) is 1.62. The molecule has 0 fully saturated rings. The number of nitrogens with zero attached hydrogens (tertiary/aromatic N) is 3. The molecule has 1 amide bonds. The van der Waals surface area contributed by atoms with E-state index >= 15 is 0 Å². The molecule has 0 atom stereocenters. The second kappa shape index (κ2) is 10.1. The average Bonchev–Trinajstić information content (AvgIpc) is 3.32. The van der Waals surface area contributed by atoms with Gasteiger partial charge in [0.15, 0.2) is 0 Å². The Hall–Kier alpha value is -3.93. The van der Waals surface area contributed by atoms with Crippen molar-refractivity contribution >= 4 is 5.91 Å². The summed E-state index contributed by atoms with van der Waals surface area (Å²) >= 11 is 0. The molecule has 0 spiro atoms. The summed E-state index contributed by atoms with van der Waals surface area (Å²) in [6.45, 7) is 4.23. The maximum absolute atomic E-state index is 13.1. The van der Waals surface area contributed by atoms with Gasteiger partial charge in [-0.1, -0.05) is 59.8 Å². The van der Waals surface area contributed by atoms with E-state index in [4.69, 9.17) is 9.26 Å². The van der Waals surface area contributed by atoms with Crippen LogP contribution in [0.15, 0.2) is 83.4 Å². The Morgan fingerprint density at radius 1 is 0.909 bits per heavy atom. The van der Waals surface area contributed by atoms with Crippen molar-refractivity contribution in [3.05, 3.63) is 90.3 Å². The van der Waals surface area contributed by atoms with Crippen LogP contribution in [-0.2, 0) is 17.8 Å². The molecule has 3 aromatic carbocycles. The van der Waals surface area contributed by atoms with Crippen molar-refractivity contribution < 1.29 is 14.1 Å². The smallest absolute Gasteiger partial charge is 0.246 e. The third-order valence-electron chi connectivity index (χ3n) is 5.48. The summed E-state index contributed by atoms with van der Waals surface area (Å²) < 4.78 is 10.6. The van der Waals surface area contributed by atoms with Gasteiger partial charge in [-0.2, -0.15) is 4.98 Å². The lowest BCUT2D eigenvalue weighted by molar-refractivity contribution is -0.133. The summed E-state index contributed by atoms with van der Waals surface area (Å²) in [6, 6.07) is 25.7. The molecule has 6 nitrogen and oxygen atoms in total. The van der Waals surface area contributed by atoms with Crippen molar-refractivity contribution in [1.82, 2.24) is 15.0 Å². The van der Waals surface area contributed by atoms with Crippen molar-refractivity contribution in [2.24, 2.45) is 0 Å². The second-order valence-corrected chi connectivity index (χ2v) is 8.10. The average molecular weight is 442 g/mol. The third-order valence-corrected chi connectivity index (χ3v) is 5.48. The molecule has 0 aliphatic rings. The Balaban J connectivity index is 1.43. The first-order valence-electron chi connectivity index (χ1n) is 10.9. The number of benzene rings is 3. The number of ether oxygens (including phenoxy) is 1. The van der Waals surface area contributed by atoms with E-state index in [0.717, 1.165) is 28.0 Å². The van der Waals surface area contributed by atoms with Gasteiger partial charge < -0.3 is 14.2 Å². The summed E-state index contributed by atoms with van der Waals surface area (Å²) in [5, 5.41) is 4.07. The SMILES string of the molecule is COc1ccc(-c2noc(CN(C(=O)Cc3ccc(-c4ccccc4)cc3)C(C)C)n2)cc1. The van der Waals surface area contributed by atoms with E-state index in [-0.39, 0.29) is 18.5 Å². The maximum Gasteiger partial charge on any atom is 0.246 e. The van der Waals surface area contributed by atoms with Gasteiger partial charge in [0.2, 0.25) is 17.6 Å². The number of rotatable bonds is 8. The minimum Gasteiger partial charge on any atom is -0.497 e. The normalized spacial score (nSPS) is 10.9. The van der Waals surface area contributed by atoms with Gasteiger partial charge in [-0.25, -0.2) is 0 Å². The summed E-state index contributed by atoms with van der Waals surface area (Å²) in [6.07, 6.45) is 0.312. The molecule has 0 aliphatic carbocycles. The zero-order chi connectivity index (χ0) is 23.2. The fourth-order valence-corrected chi connectivity index (χ4v) is 3.60. The predicted molar refractivity (Wildman–Crippen MR) is 128 cm³/mol. The van der Waals surface area contributed by atoms with E-state index in [2.05, 4.69) is 34.4 Å². The molecule has 0 aliphatic heterocycles. The Morgan fingerprint density at radius 2 is 1.55 bits per heavy atom. The topological polar surface area (TPSA) is 68.5 Å². The van der Waals surface area contributed by atoms with Crippen LogP contribution in [-0.4, -0.2) is 34.1 Å². The Morgan fingerprint density at radius 3 is 2.18 bits per heavy atom. The van der Waals surface area contributed by atoms with Gasteiger partial charge in [0.05, 0.1) is 13.5 Å². The highest BCUT2D eigenvalue weighted by Gasteiger charge is 2.21. The number of hydrogen-bond acceptors (Lipinski definition) is 5. The van der Waals surface area contributed by atoms with E-state index < -0.39 is 0 Å². The van der Waals surface area contributed by atoms with Gasteiger partial charge in [-0.15, -0.1) is 0 Å². The quantitative estimate of drug-likeness (QED) is 0.367.